The summed E-state index contributed by atoms with van der Waals surface area (Å²) in [5.41, 5.74) is -1.07. The molecule has 1 rings (SSSR count). The Kier molecular flexibility index (Phi) is 4.93. The van der Waals surface area contributed by atoms with Crippen LogP contribution < -0.4 is 10.6 Å². The predicted octanol–water partition coefficient (Wildman–Crippen LogP) is 2.33. The van der Waals surface area contributed by atoms with Gasteiger partial charge in [-0.2, -0.15) is 0 Å². The molecule has 116 valence electrons. The molecule has 0 radical (unpaired) electrons. The molecule has 0 aliphatic rings. The molecule has 2 amide bonds. The van der Waals surface area contributed by atoms with Gasteiger partial charge in [0.25, 0.3) is 0 Å². The van der Waals surface area contributed by atoms with Crippen LogP contribution in [0.1, 0.15) is 46.2 Å². The summed E-state index contributed by atoms with van der Waals surface area (Å²) in [5.74, 6) is -0.963. The summed E-state index contributed by atoms with van der Waals surface area (Å²) in [7, 11) is 0. The summed E-state index contributed by atoms with van der Waals surface area (Å²) in [6.45, 7) is 8.41. The molecule has 6 nitrogen and oxygen atoms in total. The van der Waals surface area contributed by atoms with Crippen molar-refractivity contribution in [2.75, 3.05) is 0 Å². The molecule has 21 heavy (non-hydrogen) atoms. The number of rotatable bonds is 5. The van der Waals surface area contributed by atoms with E-state index in [1.54, 1.807) is 40.1 Å². The van der Waals surface area contributed by atoms with Crippen molar-refractivity contribution in [3.63, 3.8) is 0 Å². The van der Waals surface area contributed by atoms with Crippen molar-refractivity contribution in [1.29, 1.82) is 0 Å². The third-order valence-corrected chi connectivity index (χ3v) is 4.08. The van der Waals surface area contributed by atoms with Gasteiger partial charge in [-0.25, -0.2) is 4.79 Å². The Balaban J connectivity index is 2.71. The van der Waals surface area contributed by atoms with Gasteiger partial charge >= 0.3 is 12.0 Å². The molecule has 0 saturated heterocycles. The first-order chi connectivity index (χ1) is 9.58. The van der Waals surface area contributed by atoms with Crippen molar-refractivity contribution in [2.45, 2.75) is 46.2 Å². The number of carboxylic acids is 1. The Morgan fingerprint density at radius 3 is 2.19 bits per heavy atom. The standard InChI is InChI=1S/C15H23N3O3/c1-10(11-6-8-16-9-7-11)17-13(21)18-15(4,5)14(2,3)12(19)20/h6-10H,1-5H3,(H,19,20)(H2,17,18,21). The number of hydrogen-bond acceptors (Lipinski definition) is 3. The second-order valence-electron chi connectivity index (χ2n) is 6.16. The molecule has 0 aliphatic heterocycles. The Bertz CT molecular complexity index is 512. The average molecular weight is 293 g/mol. The second-order valence-corrected chi connectivity index (χ2v) is 6.16. The van der Waals surface area contributed by atoms with Crippen molar-refractivity contribution >= 4 is 12.0 Å². The topological polar surface area (TPSA) is 91.3 Å². The summed E-state index contributed by atoms with van der Waals surface area (Å²) < 4.78 is 0. The number of hydrogen-bond donors (Lipinski definition) is 3. The lowest BCUT2D eigenvalue weighted by molar-refractivity contribution is -0.150. The van der Waals surface area contributed by atoms with Gasteiger partial charge in [0.2, 0.25) is 0 Å². The van der Waals surface area contributed by atoms with E-state index < -0.39 is 23.0 Å². The predicted molar refractivity (Wildman–Crippen MR) is 79.8 cm³/mol. The van der Waals surface area contributed by atoms with Crippen molar-refractivity contribution in [2.24, 2.45) is 5.41 Å². The number of urea groups is 1. The zero-order valence-corrected chi connectivity index (χ0v) is 13.1. The number of nitrogens with zero attached hydrogens (tertiary/aromatic N) is 1. The third-order valence-electron chi connectivity index (χ3n) is 4.08. The molecule has 3 N–H and O–H groups in total. The van der Waals surface area contributed by atoms with Gasteiger partial charge in [-0.05, 0) is 52.3 Å². The van der Waals surface area contributed by atoms with Crippen LogP contribution in [0.3, 0.4) is 0 Å². The fraction of sp³-hybridized carbons (Fsp3) is 0.533. The van der Waals surface area contributed by atoms with Crippen molar-refractivity contribution in [3.8, 4) is 0 Å². The van der Waals surface area contributed by atoms with Crippen LogP contribution >= 0.6 is 0 Å². The number of amides is 2. The molecule has 1 aromatic heterocycles. The molecule has 0 fully saturated rings. The van der Waals surface area contributed by atoms with Crippen molar-refractivity contribution < 1.29 is 14.7 Å². The highest BCUT2D eigenvalue weighted by Gasteiger charge is 2.44. The molecule has 1 unspecified atom stereocenters. The first-order valence-electron chi connectivity index (χ1n) is 6.80. The summed E-state index contributed by atoms with van der Waals surface area (Å²) in [5, 5.41) is 14.8. The molecule has 6 heteroatoms. The van der Waals surface area contributed by atoms with Gasteiger partial charge in [-0.1, -0.05) is 0 Å². The van der Waals surface area contributed by atoms with Crippen LogP contribution in [0.25, 0.3) is 0 Å². The Morgan fingerprint density at radius 2 is 1.71 bits per heavy atom. The van der Waals surface area contributed by atoms with E-state index in [1.165, 1.54) is 0 Å². The van der Waals surface area contributed by atoms with Gasteiger partial charge in [0.05, 0.1) is 17.0 Å². The second kappa shape index (κ2) is 6.11. The van der Waals surface area contributed by atoms with E-state index in [4.69, 9.17) is 0 Å². The van der Waals surface area contributed by atoms with Crippen LogP contribution in [-0.2, 0) is 4.79 Å². The Morgan fingerprint density at radius 1 is 1.19 bits per heavy atom. The van der Waals surface area contributed by atoms with Gasteiger partial charge in [0, 0.05) is 12.4 Å². The van der Waals surface area contributed by atoms with Gasteiger partial charge in [-0.15, -0.1) is 0 Å². The SMILES string of the molecule is CC(NC(=O)NC(C)(C)C(C)(C)C(=O)O)c1ccncc1. The lowest BCUT2D eigenvalue weighted by Gasteiger charge is -2.39. The Hall–Kier alpha value is -2.11. The van der Waals surface area contributed by atoms with Gasteiger partial charge < -0.3 is 15.7 Å². The highest BCUT2D eigenvalue weighted by Crippen LogP contribution is 2.30. The zero-order chi connectivity index (χ0) is 16.3. The summed E-state index contributed by atoms with van der Waals surface area (Å²) in [6, 6.07) is 3.03. The number of carboxylic acid groups (broad SMARTS) is 1. The van der Waals surface area contributed by atoms with Crippen LogP contribution in [0.4, 0.5) is 4.79 Å². The maximum atomic E-state index is 12.1. The first kappa shape index (κ1) is 16.9. The summed E-state index contributed by atoms with van der Waals surface area (Å²) >= 11 is 0. The van der Waals surface area contributed by atoms with Gasteiger partial charge in [-0.3, -0.25) is 9.78 Å². The fourth-order valence-corrected chi connectivity index (χ4v) is 1.68. The lowest BCUT2D eigenvalue weighted by Crippen LogP contribution is -2.59. The Labute approximate surface area is 125 Å². The van der Waals surface area contributed by atoms with E-state index >= 15 is 0 Å². The molecule has 1 heterocycles. The van der Waals surface area contributed by atoms with Gasteiger partial charge in [0.1, 0.15) is 0 Å². The molecule has 0 saturated carbocycles. The lowest BCUT2D eigenvalue weighted by atomic mass is 9.74. The molecular formula is C15H23N3O3. The van der Waals surface area contributed by atoms with E-state index in [0.29, 0.717) is 0 Å². The van der Waals surface area contributed by atoms with Crippen molar-refractivity contribution in [3.05, 3.63) is 30.1 Å². The maximum Gasteiger partial charge on any atom is 0.315 e. The van der Waals surface area contributed by atoms with Crippen LogP contribution in [0.15, 0.2) is 24.5 Å². The minimum Gasteiger partial charge on any atom is -0.481 e. The number of carbonyl (C=O) groups is 2. The molecule has 1 atom stereocenters. The highest BCUT2D eigenvalue weighted by atomic mass is 16.4. The number of aromatic nitrogens is 1. The highest BCUT2D eigenvalue weighted by molar-refractivity contribution is 5.79. The summed E-state index contributed by atoms with van der Waals surface area (Å²) in [6.07, 6.45) is 3.31. The fourth-order valence-electron chi connectivity index (χ4n) is 1.68. The van der Waals surface area contributed by atoms with Crippen molar-refractivity contribution in [1.82, 2.24) is 15.6 Å². The molecule has 0 bridgehead atoms. The number of nitrogens with one attached hydrogen (secondary N) is 2. The zero-order valence-electron chi connectivity index (χ0n) is 13.1. The molecule has 0 spiro atoms. The average Bonchev–Trinajstić information content (AvgIpc) is 2.38. The number of carbonyl (C=O) groups excluding carboxylic acids is 1. The minimum absolute atomic E-state index is 0.197. The normalized spacial score (nSPS) is 13.4. The van der Waals surface area contributed by atoms with E-state index in [0.717, 1.165) is 5.56 Å². The van der Waals surface area contributed by atoms with E-state index in [-0.39, 0.29) is 6.04 Å². The molecule has 0 aromatic carbocycles. The largest absolute Gasteiger partial charge is 0.481 e. The third kappa shape index (κ3) is 3.93. The summed E-state index contributed by atoms with van der Waals surface area (Å²) in [4.78, 5) is 27.3. The number of pyridine rings is 1. The molecule has 0 aliphatic carbocycles. The maximum absolute atomic E-state index is 12.1. The van der Waals surface area contributed by atoms with Crippen LogP contribution in [0, 0.1) is 5.41 Å². The first-order valence-corrected chi connectivity index (χ1v) is 6.80. The smallest absolute Gasteiger partial charge is 0.315 e. The number of aliphatic carboxylic acids is 1. The van der Waals surface area contributed by atoms with E-state index in [9.17, 15) is 14.7 Å². The van der Waals surface area contributed by atoms with Crippen LogP contribution in [0.2, 0.25) is 0 Å². The minimum atomic E-state index is -1.09. The quantitative estimate of drug-likeness (QED) is 0.777. The van der Waals surface area contributed by atoms with Gasteiger partial charge in [0.15, 0.2) is 0 Å². The molecular weight excluding hydrogens is 270 g/mol. The van der Waals surface area contributed by atoms with E-state index in [2.05, 4.69) is 15.6 Å². The van der Waals surface area contributed by atoms with Crippen LogP contribution in [-0.4, -0.2) is 27.6 Å². The molecule has 1 aromatic rings. The van der Waals surface area contributed by atoms with E-state index in [1.807, 2.05) is 19.1 Å². The monoisotopic (exact) mass is 293 g/mol. The van der Waals surface area contributed by atoms with Crippen LogP contribution in [0.5, 0.6) is 0 Å².